The number of aromatic amines is 1. The van der Waals surface area contributed by atoms with Gasteiger partial charge in [0.15, 0.2) is 0 Å². The Morgan fingerprint density at radius 3 is 1.57 bits per heavy atom. The highest BCUT2D eigenvalue weighted by Gasteiger charge is 2.32. The maximum absolute atomic E-state index is 13.1. The third-order valence-corrected chi connectivity index (χ3v) is 10.4. The van der Waals surface area contributed by atoms with E-state index in [1.165, 1.54) is 29.8 Å². The number of hydrogen-bond donors (Lipinski definition) is 1. The summed E-state index contributed by atoms with van der Waals surface area (Å²) < 4.78 is 94.9. The summed E-state index contributed by atoms with van der Waals surface area (Å²) in [5, 5.41) is 8.50. The van der Waals surface area contributed by atoms with Gasteiger partial charge in [0.25, 0.3) is 22.9 Å². The van der Waals surface area contributed by atoms with Crippen LogP contribution in [0.25, 0.3) is 45.7 Å². The van der Waals surface area contributed by atoms with Gasteiger partial charge in [0, 0.05) is 36.8 Å². The molecule has 0 saturated carbocycles. The topological polar surface area (TPSA) is 151 Å². The van der Waals surface area contributed by atoms with Crippen molar-refractivity contribution in [2.24, 2.45) is 0 Å². The summed E-state index contributed by atoms with van der Waals surface area (Å²) in [4.78, 5) is 35.9. The maximum Gasteiger partial charge on any atom is 0.573 e. The number of nitrogens with zero attached hydrogens (tertiary/aromatic N) is 5. The van der Waals surface area contributed by atoms with Crippen LogP contribution < -0.4 is 20.6 Å². The molecule has 4 aromatic carbocycles. The highest BCUT2D eigenvalue weighted by atomic mass is 79.9. The summed E-state index contributed by atoms with van der Waals surface area (Å²) in [6, 6.07) is 32.5. The molecule has 8 aromatic rings. The third kappa shape index (κ3) is 13.8. The van der Waals surface area contributed by atoms with Crippen LogP contribution >= 0.6 is 47.8 Å². The fourth-order valence-electron chi connectivity index (χ4n) is 5.72. The fraction of sp³-hybridized carbons (Fsp3) is 0.136. The predicted octanol–water partition coefficient (Wildman–Crippen LogP) is 12.2. The molecule has 0 fully saturated rings. The highest BCUT2D eigenvalue weighted by Crippen LogP contribution is 2.28. The van der Waals surface area contributed by atoms with E-state index in [-0.39, 0.29) is 57.2 Å². The second-order valence-corrected chi connectivity index (χ2v) is 15.9. The van der Waals surface area contributed by atoms with E-state index in [2.05, 4.69) is 94.7 Å². The van der Waals surface area contributed by atoms with E-state index < -0.39 is 12.7 Å². The summed E-state index contributed by atoms with van der Waals surface area (Å²) >= 11 is 10.2. The lowest BCUT2D eigenvalue weighted by Gasteiger charge is -2.11. The second kappa shape index (κ2) is 21.1. The van der Waals surface area contributed by atoms with Crippen molar-refractivity contribution in [3.8, 4) is 57.2 Å². The number of halogens is 9. The van der Waals surface area contributed by atoms with E-state index in [1.54, 1.807) is 35.8 Å². The molecule has 65 heavy (non-hydrogen) atoms. The Morgan fingerprint density at radius 1 is 0.631 bits per heavy atom. The van der Waals surface area contributed by atoms with Gasteiger partial charge in [-0.1, -0.05) is 82.4 Å². The summed E-state index contributed by atoms with van der Waals surface area (Å²) in [7, 11) is 0. The Balaban J connectivity index is 0.000000186. The van der Waals surface area contributed by atoms with Gasteiger partial charge in [-0.05, 0) is 122 Å². The average molecular weight is 1090 g/mol. The summed E-state index contributed by atoms with van der Waals surface area (Å²) in [6.45, 7) is 3.92. The van der Waals surface area contributed by atoms with Crippen LogP contribution in [0.2, 0.25) is 0 Å². The largest absolute Gasteiger partial charge is 0.573 e. The van der Waals surface area contributed by atoms with Crippen LogP contribution in [0.15, 0.2) is 149 Å². The standard InChI is InChI=1S/C22H15BrF3N3O3.C15H10F3N3O3.C7H6Br2/c1-13-5-10-18(21(30)29(13)12-14-3-2-4-16(23)11-14)20-27-19(28-32-20)15-6-8-17(9-7-15)31-22(24,25)26;1-8-2-7-11(13(22)19-8)14-20-12(21-24-14)9-3-5-10(6-4-9)23-15(16,17)18;8-5-6-2-1-3-7(9)4-6/h2-11H,12H2,1H3;2-7H,1H3,(H,19,22);1-4H,5H2. The number of nitrogens with one attached hydrogen (secondary N) is 1. The van der Waals surface area contributed by atoms with Crippen LogP contribution in [0.3, 0.4) is 0 Å². The lowest BCUT2D eigenvalue weighted by atomic mass is 10.2. The lowest BCUT2D eigenvalue weighted by Crippen LogP contribution is -2.24. The molecule has 8 rings (SSSR count). The van der Waals surface area contributed by atoms with E-state index in [0.29, 0.717) is 23.4 Å². The normalized spacial score (nSPS) is 11.2. The molecule has 12 nitrogen and oxygen atoms in total. The predicted molar refractivity (Wildman–Crippen MR) is 238 cm³/mol. The van der Waals surface area contributed by atoms with Crippen molar-refractivity contribution in [2.45, 2.75) is 38.4 Å². The van der Waals surface area contributed by atoms with E-state index in [0.717, 1.165) is 49.8 Å². The average Bonchev–Trinajstić information content (AvgIpc) is 3.94. The second-order valence-electron chi connectivity index (χ2n) is 13.5. The van der Waals surface area contributed by atoms with Crippen LogP contribution in [0.5, 0.6) is 11.5 Å². The van der Waals surface area contributed by atoms with E-state index >= 15 is 0 Å². The van der Waals surface area contributed by atoms with Gasteiger partial charge < -0.3 is 28.1 Å². The minimum atomic E-state index is -4.78. The van der Waals surface area contributed by atoms with Crippen molar-refractivity contribution < 1.29 is 44.9 Å². The number of aryl methyl sites for hydroxylation is 2. The molecule has 0 bridgehead atoms. The van der Waals surface area contributed by atoms with E-state index in [1.807, 2.05) is 43.3 Å². The number of aromatic nitrogens is 6. The number of hydrogen-bond acceptors (Lipinski definition) is 10. The SMILES string of the molecule is BrCc1cccc(Br)c1.Cc1ccc(-c2nc(-c3ccc(OC(F)(F)F)cc3)no2)c(=O)[nH]1.Cc1ccc(-c2nc(-c3ccc(OC(F)(F)F)cc3)no2)c(=O)n1Cc1cccc(Br)c1. The first-order valence-electron chi connectivity index (χ1n) is 18.7. The van der Waals surface area contributed by atoms with Crippen LogP contribution in [-0.2, 0) is 11.9 Å². The minimum absolute atomic E-state index is 0.0156. The molecule has 4 aromatic heterocycles. The molecule has 336 valence electrons. The Hall–Kier alpha value is -6.32. The van der Waals surface area contributed by atoms with Crippen molar-refractivity contribution in [3.63, 3.8) is 0 Å². The number of ether oxygens (including phenoxy) is 2. The van der Waals surface area contributed by atoms with Crippen LogP contribution in [0, 0.1) is 13.8 Å². The van der Waals surface area contributed by atoms with E-state index in [4.69, 9.17) is 9.05 Å². The summed E-state index contributed by atoms with van der Waals surface area (Å²) in [5.74, 6) is -0.407. The quantitative estimate of drug-likeness (QED) is 0.109. The Kier molecular flexibility index (Phi) is 15.6. The van der Waals surface area contributed by atoms with Gasteiger partial charge in [-0.3, -0.25) is 9.59 Å². The van der Waals surface area contributed by atoms with Crippen molar-refractivity contribution >= 4 is 47.8 Å². The van der Waals surface area contributed by atoms with Gasteiger partial charge in [0.2, 0.25) is 11.6 Å². The zero-order valence-corrected chi connectivity index (χ0v) is 38.3. The summed E-state index contributed by atoms with van der Waals surface area (Å²) in [6.07, 6.45) is -9.53. The van der Waals surface area contributed by atoms with Gasteiger partial charge in [-0.15, -0.1) is 26.3 Å². The molecule has 0 atom stereocenters. The van der Waals surface area contributed by atoms with Crippen LogP contribution in [0.4, 0.5) is 26.3 Å². The molecule has 0 aliphatic heterocycles. The van der Waals surface area contributed by atoms with Crippen molar-refractivity contribution in [1.82, 2.24) is 29.8 Å². The smallest absolute Gasteiger partial charge is 0.406 e. The van der Waals surface area contributed by atoms with Crippen molar-refractivity contribution in [2.75, 3.05) is 0 Å². The number of pyridine rings is 2. The number of alkyl halides is 7. The zero-order valence-electron chi connectivity index (χ0n) is 33.5. The van der Waals surface area contributed by atoms with Crippen molar-refractivity contribution in [3.05, 3.63) is 173 Å². The van der Waals surface area contributed by atoms with Gasteiger partial charge in [0.1, 0.15) is 22.6 Å². The molecule has 0 saturated heterocycles. The number of H-pyrrole nitrogens is 1. The molecule has 0 aliphatic rings. The Morgan fingerprint density at radius 2 is 1.11 bits per heavy atom. The monoisotopic (exact) mass is 1090 g/mol. The maximum atomic E-state index is 13.1. The first kappa shape index (κ1) is 48.1. The molecule has 1 N–H and O–H groups in total. The number of benzene rings is 4. The molecule has 0 aliphatic carbocycles. The molecule has 4 heterocycles. The van der Waals surface area contributed by atoms with Gasteiger partial charge in [0.05, 0.1) is 6.54 Å². The molecule has 21 heteroatoms. The van der Waals surface area contributed by atoms with Crippen LogP contribution in [0.1, 0.15) is 22.5 Å². The molecule has 0 unspecified atom stereocenters. The molecule has 0 radical (unpaired) electrons. The van der Waals surface area contributed by atoms with Crippen molar-refractivity contribution in [1.29, 1.82) is 0 Å². The minimum Gasteiger partial charge on any atom is -0.406 e. The lowest BCUT2D eigenvalue weighted by molar-refractivity contribution is -0.275. The van der Waals surface area contributed by atoms with E-state index in [9.17, 15) is 35.9 Å². The Bertz CT molecular complexity index is 2990. The van der Waals surface area contributed by atoms with Gasteiger partial charge in [-0.2, -0.15) is 9.97 Å². The summed E-state index contributed by atoms with van der Waals surface area (Å²) in [5.41, 5.74) is 4.27. The molecular weight excluding hydrogens is 1060 g/mol. The number of rotatable bonds is 9. The molecule has 0 amide bonds. The molecule has 0 spiro atoms. The first-order valence-corrected chi connectivity index (χ1v) is 21.4. The van der Waals surface area contributed by atoms with Gasteiger partial charge in [-0.25, -0.2) is 0 Å². The Labute approximate surface area is 389 Å². The molecular formula is C44H31Br3F6N6O6. The zero-order chi connectivity index (χ0) is 46.9. The van der Waals surface area contributed by atoms with Gasteiger partial charge >= 0.3 is 12.7 Å². The van der Waals surface area contributed by atoms with Crippen LogP contribution in [-0.4, -0.2) is 42.6 Å². The third-order valence-electron chi connectivity index (χ3n) is 8.73. The highest BCUT2D eigenvalue weighted by molar-refractivity contribution is 9.10. The fourth-order valence-corrected chi connectivity index (χ4v) is 6.96. The first-order chi connectivity index (χ1) is 30.8.